The van der Waals surface area contributed by atoms with Crippen molar-refractivity contribution in [1.29, 1.82) is 0 Å². The number of morpholine rings is 1. The zero-order chi connectivity index (χ0) is 18.2. The van der Waals surface area contributed by atoms with Crippen molar-refractivity contribution in [2.45, 2.75) is 6.54 Å². The molecule has 6 heteroatoms. The Morgan fingerprint density at radius 3 is 2.63 bits per heavy atom. The molecule has 1 N–H and O–H groups in total. The van der Waals surface area contributed by atoms with E-state index in [4.69, 9.17) is 4.74 Å². The number of aromatic nitrogens is 3. The van der Waals surface area contributed by atoms with Crippen LogP contribution in [0.4, 0.5) is 0 Å². The number of rotatable bonds is 4. The van der Waals surface area contributed by atoms with E-state index in [9.17, 15) is 0 Å². The van der Waals surface area contributed by atoms with Gasteiger partial charge in [0, 0.05) is 29.7 Å². The molecule has 0 aliphatic carbocycles. The van der Waals surface area contributed by atoms with Crippen molar-refractivity contribution in [3.05, 3.63) is 59.2 Å². The van der Waals surface area contributed by atoms with E-state index in [0.717, 1.165) is 55.3 Å². The third kappa shape index (κ3) is 3.18. The summed E-state index contributed by atoms with van der Waals surface area (Å²) in [6.07, 6.45) is 2.20. The van der Waals surface area contributed by atoms with Gasteiger partial charge in [0.2, 0.25) is 0 Å². The van der Waals surface area contributed by atoms with Gasteiger partial charge in [-0.1, -0.05) is 40.2 Å². The highest BCUT2D eigenvalue weighted by Gasteiger charge is 2.22. The van der Waals surface area contributed by atoms with E-state index in [1.54, 1.807) is 0 Å². The summed E-state index contributed by atoms with van der Waals surface area (Å²) < 4.78 is 11.2. The van der Waals surface area contributed by atoms with E-state index < -0.39 is 0 Å². The Morgan fingerprint density at radius 1 is 1.04 bits per heavy atom. The van der Waals surface area contributed by atoms with Crippen LogP contribution >= 0.6 is 15.9 Å². The maximum absolute atomic E-state index is 5.48. The summed E-state index contributed by atoms with van der Waals surface area (Å²) in [5.74, 6) is 1.13. The average Bonchev–Trinajstić information content (AvgIpc) is 3.26. The predicted molar refractivity (Wildman–Crippen MR) is 110 cm³/mol. The molecule has 5 rings (SSSR count). The van der Waals surface area contributed by atoms with Crippen molar-refractivity contribution in [2.24, 2.45) is 0 Å². The lowest BCUT2D eigenvalue weighted by Gasteiger charge is -2.25. The minimum absolute atomic E-state index is 0.840. The number of fused-ring (bicyclic) bond motifs is 3. The lowest BCUT2D eigenvalue weighted by Crippen LogP contribution is -2.44. The second kappa shape index (κ2) is 7.11. The van der Waals surface area contributed by atoms with Gasteiger partial charge in [0.05, 0.1) is 19.8 Å². The maximum Gasteiger partial charge on any atom is 0.368 e. The van der Waals surface area contributed by atoms with Crippen molar-refractivity contribution >= 4 is 32.7 Å². The minimum Gasteiger partial charge on any atom is -0.379 e. The molecule has 4 aromatic rings. The minimum atomic E-state index is 0.840. The molecule has 138 valence electrons. The van der Waals surface area contributed by atoms with Crippen molar-refractivity contribution in [1.82, 2.24) is 14.3 Å². The number of nitrogens with zero attached hydrogens (tertiary/aromatic N) is 3. The van der Waals surface area contributed by atoms with Gasteiger partial charge in [-0.3, -0.25) is 4.90 Å². The zero-order valence-corrected chi connectivity index (χ0v) is 16.7. The highest BCUT2D eigenvalue weighted by atomic mass is 79.9. The van der Waals surface area contributed by atoms with Gasteiger partial charge in [-0.2, -0.15) is 4.40 Å². The van der Waals surface area contributed by atoms with Crippen LogP contribution in [-0.4, -0.2) is 47.1 Å². The first-order chi connectivity index (χ1) is 13.3. The molecule has 1 aliphatic rings. The molecule has 0 atom stereocenters. The predicted octanol–water partition coefficient (Wildman–Crippen LogP) is 3.47. The lowest BCUT2D eigenvalue weighted by molar-refractivity contribution is -0.647. The first-order valence-electron chi connectivity index (χ1n) is 9.37. The number of hydrogen-bond donors (Lipinski definition) is 1. The summed E-state index contributed by atoms with van der Waals surface area (Å²) in [6.45, 7) is 5.70. The summed E-state index contributed by atoms with van der Waals surface area (Å²) in [7, 11) is 0. The van der Waals surface area contributed by atoms with Crippen molar-refractivity contribution in [3.8, 4) is 11.3 Å². The van der Waals surface area contributed by atoms with Crippen LogP contribution in [0.1, 0.15) is 0 Å². The first-order valence-corrected chi connectivity index (χ1v) is 10.2. The van der Waals surface area contributed by atoms with E-state index in [0.29, 0.717) is 0 Å². The molecule has 1 fully saturated rings. The molecular formula is C21H22BrN4O+. The summed E-state index contributed by atoms with van der Waals surface area (Å²) >= 11 is 3.51. The van der Waals surface area contributed by atoms with Crippen LogP contribution in [0.25, 0.3) is 28.1 Å². The highest BCUT2D eigenvalue weighted by Crippen LogP contribution is 2.23. The molecule has 0 amide bonds. The Morgan fingerprint density at radius 2 is 1.81 bits per heavy atom. The van der Waals surface area contributed by atoms with Crippen molar-refractivity contribution in [2.75, 3.05) is 32.8 Å². The van der Waals surface area contributed by atoms with Crippen LogP contribution in [0.3, 0.4) is 0 Å². The Labute approximate surface area is 166 Å². The van der Waals surface area contributed by atoms with Gasteiger partial charge in [0.25, 0.3) is 0 Å². The van der Waals surface area contributed by atoms with Gasteiger partial charge in [-0.25, -0.2) is 9.55 Å². The fraction of sp³-hybridized carbons (Fsp3) is 0.286. The molecule has 0 spiro atoms. The normalized spacial score (nSPS) is 15.7. The smallest absolute Gasteiger partial charge is 0.368 e. The van der Waals surface area contributed by atoms with Gasteiger partial charge < -0.3 is 4.74 Å². The molecule has 0 radical (unpaired) electrons. The number of H-pyrrole nitrogens is 1. The number of imidazole rings is 2. The van der Waals surface area contributed by atoms with Crippen LogP contribution in [0.2, 0.25) is 0 Å². The van der Waals surface area contributed by atoms with Gasteiger partial charge in [0.15, 0.2) is 0 Å². The average molecular weight is 426 g/mol. The van der Waals surface area contributed by atoms with Gasteiger partial charge in [-0.15, -0.1) is 0 Å². The highest BCUT2D eigenvalue weighted by molar-refractivity contribution is 9.10. The number of aromatic amines is 1. The van der Waals surface area contributed by atoms with Gasteiger partial charge >= 0.3 is 5.78 Å². The van der Waals surface area contributed by atoms with Crippen LogP contribution in [0.15, 0.2) is 59.2 Å². The van der Waals surface area contributed by atoms with Gasteiger partial charge in [0.1, 0.15) is 22.9 Å². The van der Waals surface area contributed by atoms with Crippen molar-refractivity contribution in [3.63, 3.8) is 0 Å². The Kier molecular flexibility index (Phi) is 4.47. The van der Waals surface area contributed by atoms with Crippen LogP contribution in [0, 0.1) is 0 Å². The summed E-state index contributed by atoms with van der Waals surface area (Å²) in [5, 5.41) is 0. The van der Waals surface area contributed by atoms with Crippen LogP contribution < -0.4 is 4.57 Å². The third-order valence-electron chi connectivity index (χ3n) is 5.32. The number of para-hydroxylation sites is 2. The summed E-state index contributed by atoms with van der Waals surface area (Å²) in [6, 6.07) is 17.0. The first kappa shape index (κ1) is 17.0. The molecule has 3 heterocycles. The topological polar surface area (TPSA) is 36.5 Å². The van der Waals surface area contributed by atoms with E-state index in [1.165, 1.54) is 16.6 Å². The van der Waals surface area contributed by atoms with E-state index in [2.05, 4.69) is 89.5 Å². The fourth-order valence-corrected chi connectivity index (χ4v) is 4.13. The quantitative estimate of drug-likeness (QED) is 0.508. The Hall–Kier alpha value is -2.15. The molecule has 5 nitrogen and oxygen atoms in total. The second-order valence-electron chi connectivity index (χ2n) is 6.96. The number of hydrogen-bond acceptors (Lipinski definition) is 2. The Balaban J connectivity index is 1.55. The zero-order valence-electron chi connectivity index (χ0n) is 15.1. The molecule has 0 bridgehead atoms. The fourth-order valence-electron chi connectivity index (χ4n) is 3.86. The second-order valence-corrected chi connectivity index (χ2v) is 7.88. The lowest BCUT2D eigenvalue weighted by atomic mass is 10.2. The SMILES string of the molecule is Brc1ccc(-c2cn3c4ccccc4[n+](CCN4CCOCC4)c3[nH]2)cc1. The van der Waals surface area contributed by atoms with E-state index in [1.807, 2.05) is 0 Å². The van der Waals surface area contributed by atoms with E-state index in [-0.39, 0.29) is 0 Å². The van der Waals surface area contributed by atoms with Gasteiger partial charge in [-0.05, 0) is 24.3 Å². The number of nitrogens with one attached hydrogen (secondary N) is 1. The largest absolute Gasteiger partial charge is 0.379 e. The molecule has 27 heavy (non-hydrogen) atoms. The van der Waals surface area contributed by atoms with Crippen LogP contribution in [0.5, 0.6) is 0 Å². The number of ether oxygens (including phenoxy) is 1. The monoisotopic (exact) mass is 425 g/mol. The number of benzene rings is 2. The molecule has 1 saturated heterocycles. The molecular weight excluding hydrogens is 404 g/mol. The molecule has 0 unspecified atom stereocenters. The maximum atomic E-state index is 5.48. The molecule has 1 aliphatic heterocycles. The van der Waals surface area contributed by atoms with Crippen molar-refractivity contribution < 1.29 is 9.30 Å². The standard InChI is InChI=1S/C21H21BrN4O/c22-17-7-5-16(6-8-17)18-15-26-20-4-2-1-3-19(20)25(21(26)23-18)10-9-24-11-13-27-14-12-24/h1-8,15H,9-14H2/p+1. The number of halogens is 1. The Bertz CT molecular complexity index is 1080. The summed E-state index contributed by atoms with van der Waals surface area (Å²) in [4.78, 5) is 6.12. The molecule has 2 aromatic carbocycles. The van der Waals surface area contributed by atoms with Crippen LogP contribution in [-0.2, 0) is 11.3 Å². The molecule has 2 aromatic heterocycles. The third-order valence-corrected chi connectivity index (χ3v) is 5.85. The summed E-state index contributed by atoms with van der Waals surface area (Å²) in [5.41, 5.74) is 4.81. The van der Waals surface area contributed by atoms with E-state index >= 15 is 0 Å². The molecule has 0 saturated carbocycles.